The van der Waals surface area contributed by atoms with Crippen LogP contribution in [0.3, 0.4) is 0 Å². The van der Waals surface area contributed by atoms with Gasteiger partial charge in [0.05, 0.1) is 22.8 Å². The number of hydrogen-bond acceptors (Lipinski definition) is 5. The summed E-state index contributed by atoms with van der Waals surface area (Å²) in [5.74, 6) is -0.648. The summed E-state index contributed by atoms with van der Waals surface area (Å²) in [7, 11) is 1.52. The highest BCUT2D eigenvalue weighted by Gasteiger charge is 2.37. The number of nitrogens with one attached hydrogen (secondary N) is 1. The predicted octanol–water partition coefficient (Wildman–Crippen LogP) is 5.86. The minimum absolute atomic E-state index is 0.146. The van der Waals surface area contributed by atoms with Crippen LogP contribution in [0.1, 0.15) is 22.3 Å². The lowest BCUT2D eigenvalue weighted by Gasteiger charge is -2.27. The summed E-state index contributed by atoms with van der Waals surface area (Å²) >= 11 is 12.1. The maximum absolute atomic E-state index is 13.3. The molecule has 0 atom stereocenters. The molecule has 0 aliphatic carbocycles. The lowest BCUT2D eigenvalue weighted by Crippen LogP contribution is -2.54. The van der Waals surface area contributed by atoms with Crippen LogP contribution in [0.15, 0.2) is 60.2 Å². The van der Waals surface area contributed by atoms with E-state index in [1.165, 1.54) is 13.2 Å². The highest BCUT2D eigenvalue weighted by atomic mass is 35.5. The first-order chi connectivity index (χ1) is 17.2. The van der Waals surface area contributed by atoms with Crippen LogP contribution in [-0.4, -0.2) is 25.0 Å². The zero-order valence-corrected chi connectivity index (χ0v) is 21.2. The van der Waals surface area contributed by atoms with Crippen LogP contribution < -0.4 is 19.7 Å². The van der Waals surface area contributed by atoms with Gasteiger partial charge < -0.3 is 9.47 Å². The molecule has 4 rings (SSSR count). The molecule has 184 valence electrons. The van der Waals surface area contributed by atoms with Crippen LogP contribution in [0.2, 0.25) is 10.0 Å². The molecule has 0 saturated carbocycles. The second-order valence-electron chi connectivity index (χ2n) is 8.17. The second-order valence-corrected chi connectivity index (χ2v) is 8.98. The van der Waals surface area contributed by atoms with E-state index in [-0.39, 0.29) is 12.2 Å². The summed E-state index contributed by atoms with van der Waals surface area (Å²) < 4.78 is 11.3. The first kappa shape index (κ1) is 25.3. The molecule has 1 N–H and O–H groups in total. The number of anilines is 1. The Balaban J connectivity index is 1.69. The summed E-state index contributed by atoms with van der Waals surface area (Å²) in [6.07, 6.45) is 1.39. The number of nitrogens with zero attached hydrogens (tertiary/aromatic N) is 1. The van der Waals surface area contributed by atoms with Gasteiger partial charge in [-0.05, 0) is 73.0 Å². The lowest BCUT2D eigenvalue weighted by atomic mass is 10.0. The molecule has 3 aromatic carbocycles. The fourth-order valence-electron chi connectivity index (χ4n) is 3.59. The normalized spacial score (nSPS) is 14.8. The van der Waals surface area contributed by atoms with E-state index in [4.69, 9.17) is 32.7 Å². The summed E-state index contributed by atoms with van der Waals surface area (Å²) in [6, 6.07) is 14.5. The van der Waals surface area contributed by atoms with Crippen molar-refractivity contribution >= 4 is 52.8 Å². The maximum Gasteiger partial charge on any atom is 0.335 e. The number of barbiturate groups is 1. The highest BCUT2D eigenvalue weighted by Crippen LogP contribution is 2.31. The van der Waals surface area contributed by atoms with Crippen molar-refractivity contribution in [2.24, 2.45) is 0 Å². The van der Waals surface area contributed by atoms with Gasteiger partial charge in [0.2, 0.25) is 0 Å². The van der Waals surface area contributed by atoms with Gasteiger partial charge in [0.25, 0.3) is 11.8 Å². The minimum Gasteiger partial charge on any atom is -0.497 e. The molecule has 1 aliphatic rings. The number of urea groups is 1. The molecule has 0 bridgehead atoms. The molecule has 1 fully saturated rings. The van der Waals surface area contributed by atoms with Crippen molar-refractivity contribution in [3.05, 3.63) is 92.5 Å². The summed E-state index contributed by atoms with van der Waals surface area (Å²) in [6.45, 7) is 3.95. The average molecular weight is 525 g/mol. The molecule has 1 saturated heterocycles. The summed E-state index contributed by atoms with van der Waals surface area (Å²) in [5, 5.41) is 3.06. The molecule has 36 heavy (non-hydrogen) atoms. The molecule has 4 amide bonds. The van der Waals surface area contributed by atoms with E-state index in [2.05, 4.69) is 5.32 Å². The van der Waals surface area contributed by atoms with Crippen LogP contribution >= 0.6 is 23.2 Å². The number of aryl methyl sites for hydroxylation is 2. The van der Waals surface area contributed by atoms with Gasteiger partial charge in [-0.1, -0.05) is 35.3 Å². The smallest absolute Gasteiger partial charge is 0.335 e. The van der Waals surface area contributed by atoms with E-state index in [9.17, 15) is 14.4 Å². The number of rotatable bonds is 6. The molecule has 0 unspecified atom stereocenters. The highest BCUT2D eigenvalue weighted by molar-refractivity contribution is 6.42. The minimum atomic E-state index is -0.809. The van der Waals surface area contributed by atoms with Gasteiger partial charge in [-0.2, -0.15) is 0 Å². The van der Waals surface area contributed by atoms with Gasteiger partial charge >= 0.3 is 6.03 Å². The fourth-order valence-corrected chi connectivity index (χ4v) is 3.91. The molecule has 0 aromatic heterocycles. The van der Waals surface area contributed by atoms with E-state index in [1.54, 1.807) is 48.5 Å². The Hall–Kier alpha value is -3.81. The van der Waals surface area contributed by atoms with Crippen molar-refractivity contribution in [3.63, 3.8) is 0 Å². The van der Waals surface area contributed by atoms with Gasteiger partial charge in [-0.3, -0.25) is 14.9 Å². The van der Waals surface area contributed by atoms with Crippen LogP contribution in [0.5, 0.6) is 11.5 Å². The zero-order chi connectivity index (χ0) is 26.0. The molecule has 0 radical (unpaired) electrons. The Kier molecular flexibility index (Phi) is 7.33. The fraction of sp³-hybridized carbons (Fsp3) is 0.148. The van der Waals surface area contributed by atoms with Crippen molar-refractivity contribution in [1.82, 2.24) is 5.32 Å². The largest absolute Gasteiger partial charge is 0.497 e. The Labute approximate surface area is 218 Å². The van der Waals surface area contributed by atoms with Gasteiger partial charge in [0.1, 0.15) is 23.7 Å². The molecule has 1 heterocycles. The Morgan fingerprint density at radius 3 is 2.39 bits per heavy atom. The maximum atomic E-state index is 13.3. The average Bonchev–Trinajstić information content (AvgIpc) is 2.85. The lowest BCUT2D eigenvalue weighted by molar-refractivity contribution is -0.122. The van der Waals surface area contributed by atoms with Crippen LogP contribution in [0.25, 0.3) is 6.08 Å². The number of carbonyl (C=O) groups is 3. The van der Waals surface area contributed by atoms with Crippen molar-refractivity contribution in [2.75, 3.05) is 12.0 Å². The summed E-state index contributed by atoms with van der Waals surface area (Å²) in [4.78, 5) is 39.5. The van der Waals surface area contributed by atoms with Gasteiger partial charge in [-0.15, -0.1) is 0 Å². The van der Waals surface area contributed by atoms with Crippen molar-refractivity contribution < 1.29 is 23.9 Å². The number of ether oxygens (including phenoxy) is 2. The number of halogens is 2. The van der Waals surface area contributed by atoms with Gasteiger partial charge in [-0.25, -0.2) is 9.69 Å². The topological polar surface area (TPSA) is 84.9 Å². The number of benzene rings is 3. The third-order valence-electron chi connectivity index (χ3n) is 5.75. The predicted molar refractivity (Wildman–Crippen MR) is 139 cm³/mol. The number of imide groups is 2. The summed E-state index contributed by atoms with van der Waals surface area (Å²) in [5.41, 5.74) is 3.29. The number of amides is 4. The molecule has 3 aromatic rings. The monoisotopic (exact) mass is 524 g/mol. The Morgan fingerprint density at radius 2 is 1.69 bits per heavy atom. The van der Waals surface area contributed by atoms with E-state index >= 15 is 0 Å². The SMILES string of the molecule is COc1ccc(/C=C2\C(=O)NC(=O)N(c3ccc(C)c(C)c3)C2=O)c(OCc2ccc(Cl)c(Cl)c2)c1. The molecule has 0 spiro atoms. The Bertz CT molecular complexity index is 1420. The molecule has 9 heteroatoms. The van der Waals surface area contributed by atoms with Crippen molar-refractivity contribution in [2.45, 2.75) is 20.5 Å². The Morgan fingerprint density at radius 1 is 0.917 bits per heavy atom. The van der Waals surface area contributed by atoms with Crippen LogP contribution in [-0.2, 0) is 16.2 Å². The van der Waals surface area contributed by atoms with Crippen molar-refractivity contribution in [3.8, 4) is 11.5 Å². The standard InChI is InChI=1S/C27H22Cl2N2O5/c1-15-4-7-19(10-16(15)2)31-26(33)21(25(32)30-27(31)34)12-18-6-8-20(35-3)13-24(18)36-14-17-5-9-22(28)23(29)11-17/h4-13H,14H2,1-3H3,(H,30,32,34)/b21-12+. The van der Waals surface area contributed by atoms with Crippen LogP contribution in [0, 0.1) is 13.8 Å². The number of hydrogen-bond donors (Lipinski definition) is 1. The van der Waals surface area contributed by atoms with Crippen molar-refractivity contribution in [1.29, 1.82) is 0 Å². The van der Waals surface area contributed by atoms with Gasteiger partial charge in [0.15, 0.2) is 0 Å². The molecular weight excluding hydrogens is 503 g/mol. The molecule has 7 nitrogen and oxygen atoms in total. The van der Waals surface area contributed by atoms with E-state index in [0.717, 1.165) is 21.6 Å². The van der Waals surface area contributed by atoms with Crippen LogP contribution in [0.4, 0.5) is 10.5 Å². The second kappa shape index (κ2) is 10.4. The van der Waals surface area contributed by atoms with E-state index < -0.39 is 17.8 Å². The van der Waals surface area contributed by atoms with Gasteiger partial charge in [0, 0.05) is 11.6 Å². The third-order valence-corrected chi connectivity index (χ3v) is 6.49. The molecular formula is C27H22Cl2N2O5. The number of methoxy groups -OCH3 is 1. The van der Waals surface area contributed by atoms with E-state index in [0.29, 0.717) is 32.8 Å². The first-order valence-corrected chi connectivity index (χ1v) is 11.7. The zero-order valence-electron chi connectivity index (χ0n) is 19.7. The quantitative estimate of drug-likeness (QED) is 0.322. The third kappa shape index (κ3) is 5.22. The first-order valence-electron chi connectivity index (χ1n) is 10.9. The van der Waals surface area contributed by atoms with E-state index in [1.807, 2.05) is 19.9 Å². The number of carbonyl (C=O) groups excluding carboxylic acids is 3. The molecule has 1 aliphatic heterocycles.